The molecule has 1 aromatic rings. The highest BCUT2D eigenvalue weighted by molar-refractivity contribution is 6.02. The minimum absolute atomic E-state index is 0.0000612. The van der Waals surface area contributed by atoms with Gasteiger partial charge in [-0.15, -0.1) is 0 Å². The summed E-state index contributed by atoms with van der Waals surface area (Å²) in [5.41, 5.74) is 16.6. The Labute approximate surface area is 122 Å². The highest BCUT2D eigenvalue weighted by Gasteiger charge is 2.20. The van der Waals surface area contributed by atoms with E-state index in [0.717, 1.165) is 6.42 Å². The van der Waals surface area contributed by atoms with Gasteiger partial charge in [-0.05, 0) is 24.1 Å². The van der Waals surface area contributed by atoms with Crippen LogP contribution in [0.25, 0.3) is 0 Å². The minimum atomic E-state index is -0.722. The van der Waals surface area contributed by atoms with Gasteiger partial charge in [-0.1, -0.05) is 20.3 Å². The fourth-order valence-corrected chi connectivity index (χ4v) is 1.72. The lowest BCUT2D eigenvalue weighted by Gasteiger charge is -2.18. The van der Waals surface area contributed by atoms with Gasteiger partial charge in [-0.3, -0.25) is 14.4 Å². The van der Waals surface area contributed by atoms with Crippen molar-refractivity contribution in [2.75, 3.05) is 5.32 Å². The highest BCUT2D eigenvalue weighted by atomic mass is 16.2. The number of carbonyl (C=O) groups is 3. The summed E-state index contributed by atoms with van der Waals surface area (Å²) >= 11 is 0. The molecule has 0 heterocycles. The summed E-state index contributed by atoms with van der Waals surface area (Å²) in [6, 6.07) is 3.32. The zero-order valence-corrected chi connectivity index (χ0v) is 12.1. The molecular weight excluding hydrogens is 272 g/mol. The van der Waals surface area contributed by atoms with Crippen molar-refractivity contribution in [3.8, 4) is 0 Å². The summed E-state index contributed by atoms with van der Waals surface area (Å²) in [6.45, 7) is 3.79. The SMILES string of the molecule is CC[C@H](C)[C@H](N)C(=O)Nc1cc(C(N)=O)cc(C(N)=O)c1. The average molecular weight is 292 g/mol. The Kier molecular flexibility index (Phi) is 5.43. The third-order valence-corrected chi connectivity index (χ3v) is 3.33. The largest absolute Gasteiger partial charge is 0.366 e. The molecule has 0 spiro atoms. The van der Waals surface area contributed by atoms with E-state index in [0.29, 0.717) is 0 Å². The van der Waals surface area contributed by atoms with Crippen LogP contribution in [0.3, 0.4) is 0 Å². The van der Waals surface area contributed by atoms with Crippen LogP contribution in [0.2, 0.25) is 0 Å². The van der Waals surface area contributed by atoms with Crippen LogP contribution < -0.4 is 22.5 Å². The topological polar surface area (TPSA) is 141 Å². The molecule has 0 saturated carbocycles. The Balaban J connectivity index is 3.05. The van der Waals surface area contributed by atoms with E-state index in [1.165, 1.54) is 18.2 Å². The van der Waals surface area contributed by atoms with Crippen molar-refractivity contribution >= 4 is 23.4 Å². The summed E-state index contributed by atoms with van der Waals surface area (Å²) in [7, 11) is 0. The van der Waals surface area contributed by atoms with Gasteiger partial charge in [0.05, 0.1) is 6.04 Å². The number of primary amides is 2. The lowest BCUT2D eigenvalue weighted by molar-refractivity contribution is -0.118. The first-order chi connectivity index (χ1) is 9.76. The number of nitrogens with two attached hydrogens (primary N) is 3. The number of nitrogens with one attached hydrogen (secondary N) is 1. The van der Waals surface area contributed by atoms with Crippen LogP contribution in [-0.2, 0) is 4.79 Å². The van der Waals surface area contributed by atoms with Crippen LogP contribution in [0.1, 0.15) is 41.0 Å². The molecule has 0 aliphatic rings. The Bertz CT molecular complexity index is 539. The Morgan fingerprint density at radius 3 is 1.95 bits per heavy atom. The second-order valence-electron chi connectivity index (χ2n) is 4.93. The number of hydrogen-bond acceptors (Lipinski definition) is 4. The first kappa shape index (κ1) is 16.6. The fraction of sp³-hybridized carbons (Fsp3) is 0.357. The van der Waals surface area contributed by atoms with E-state index in [1.54, 1.807) is 0 Å². The van der Waals surface area contributed by atoms with E-state index in [4.69, 9.17) is 17.2 Å². The molecule has 114 valence electrons. The van der Waals surface area contributed by atoms with Crippen molar-refractivity contribution in [3.63, 3.8) is 0 Å². The first-order valence-electron chi connectivity index (χ1n) is 6.57. The van der Waals surface area contributed by atoms with Crippen molar-refractivity contribution in [2.24, 2.45) is 23.1 Å². The lowest BCUT2D eigenvalue weighted by atomic mass is 9.99. The molecule has 21 heavy (non-hydrogen) atoms. The van der Waals surface area contributed by atoms with Crippen LogP contribution in [0, 0.1) is 5.92 Å². The number of benzene rings is 1. The Hall–Kier alpha value is -2.41. The van der Waals surface area contributed by atoms with Gasteiger partial charge in [0, 0.05) is 16.8 Å². The quantitative estimate of drug-likeness (QED) is 0.594. The number of carbonyl (C=O) groups excluding carboxylic acids is 3. The van der Waals surface area contributed by atoms with E-state index in [1.807, 2.05) is 13.8 Å². The fourth-order valence-electron chi connectivity index (χ4n) is 1.72. The molecule has 1 aromatic carbocycles. The maximum absolute atomic E-state index is 12.0. The Morgan fingerprint density at radius 2 is 1.57 bits per heavy atom. The van der Waals surface area contributed by atoms with E-state index >= 15 is 0 Å². The molecule has 2 atom stereocenters. The summed E-state index contributed by atoms with van der Waals surface area (Å²) in [5, 5.41) is 2.57. The molecule has 3 amide bonds. The maximum Gasteiger partial charge on any atom is 0.248 e. The van der Waals surface area contributed by atoms with Gasteiger partial charge in [0.15, 0.2) is 0 Å². The molecule has 0 aliphatic heterocycles. The zero-order valence-electron chi connectivity index (χ0n) is 12.1. The van der Waals surface area contributed by atoms with Crippen molar-refractivity contribution in [1.29, 1.82) is 0 Å². The van der Waals surface area contributed by atoms with Gasteiger partial charge in [0.25, 0.3) is 0 Å². The third-order valence-electron chi connectivity index (χ3n) is 3.33. The molecular formula is C14H20N4O3. The molecule has 0 bridgehead atoms. The third kappa shape index (κ3) is 4.28. The second kappa shape index (κ2) is 6.85. The van der Waals surface area contributed by atoms with Crippen molar-refractivity contribution in [1.82, 2.24) is 0 Å². The molecule has 0 radical (unpaired) electrons. The molecule has 0 aromatic heterocycles. The summed E-state index contributed by atoms with van der Waals surface area (Å²) < 4.78 is 0. The number of rotatable bonds is 6. The maximum atomic E-state index is 12.0. The number of anilines is 1. The highest BCUT2D eigenvalue weighted by Crippen LogP contribution is 2.16. The van der Waals surface area contributed by atoms with Crippen LogP contribution in [0.4, 0.5) is 5.69 Å². The molecule has 0 saturated heterocycles. The van der Waals surface area contributed by atoms with Crippen molar-refractivity contribution in [2.45, 2.75) is 26.3 Å². The van der Waals surface area contributed by atoms with E-state index < -0.39 is 23.8 Å². The smallest absolute Gasteiger partial charge is 0.248 e. The monoisotopic (exact) mass is 292 g/mol. The lowest BCUT2D eigenvalue weighted by Crippen LogP contribution is -2.40. The van der Waals surface area contributed by atoms with Crippen LogP contribution in [-0.4, -0.2) is 23.8 Å². The van der Waals surface area contributed by atoms with Gasteiger partial charge in [-0.25, -0.2) is 0 Å². The van der Waals surface area contributed by atoms with Crippen LogP contribution in [0.15, 0.2) is 18.2 Å². The van der Waals surface area contributed by atoms with Crippen molar-refractivity contribution < 1.29 is 14.4 Å². The van der Waals surface area contributed by atoms with Gasteiger partial charge < -0.3 is 22.5 Å². The van der Waals surface area contributed by atoms with Crippen LogP contribution in [0.5, 0.6) is 0 Å². The second-order valence-corrected chi connectivity index (χ2v) is 4.93. The molecule has 0 unspecified atom stereocenters. The van der Waals surface area contributed by atoms with Crippen LogP contribution >= 0.6 is 0 Å². The molecule has 7 N–H and O–H groups in total. The van der Waals surface area contributed by atoms with Gasteiger partial charge >= 0.3 is 0 Å². The van der Waals surface area contributed by atoms with Gasteiger partial charge in [0.2, 0.25) is 17.7 Å². The van der Waals surface area contributed by atoms with E-state index in [-0.39, 0.29) is 22.7 Å². The first-order valence-corrected chi connectivity index (χ1v) is 6.57. The summed E-state index contributed by atoms with van der Waals surface area (Å²) in [6.07, 6.45) is 0.752. The molecule has 0 fully saturated rings. The molecule has 0 aliphatic carbocycles. The molecule has 7 nitrogen and oxygen atoms in total. The summed E-state index contributed by atoms with van der Waals surface area (Å²) in [4.78, 5) is 34.5. The minimum Gasteiger partial charge on any atom is -0.366 e. The van der Waals surface area contributed by atoms with E-state index in [9.17, 15) is 14.4 Å². The summed E-state index contributed by atoms with van der Waals surface area (Å²) in [5.74, 6) is -1.85. The zero-order chi connectivity index (χ0) is 16.2. The van der Waals surface area contributed by atoms with Gasteiger partial charge in [-0.2, -0.15) is 0 Å². The number of amides is 3. The Morgan fingerprint density at radius 1 is 1.10 bits per heavy atom. The molecule has 7 heteroatoms. The van der Waals surface area contributed by atoms with Gasteiger partial charge in [0.1, 0.15) is 0 Å². The standard InChI is InChI=1S/C14H20N4O3/c1-3-7(2)11(15)14(21)18-10-5-8(12(16)19)4-9(6-10)13(17)20/h4-7,11H,3,15H2,1-2H3,(H2,16,19)(H2,17,20)(H,18,21)/t7-,11-/m0/s1. The molecule has 1 rings (SSSR count). The normalized spacial score (nSPS) is 13.3. The van der Waals surface area contributed by atoms with Crippen molar-refractivity contribution in [3.05, 3.63) is 29.3 Å². The average Bonchev–Trinajstić information content (AvgIpc) is 2.44. The van der Waals surface area contributed by atoms with E-state index in [2.05, 4.69) is 5.32 Å². The predicted octanol–water partition coefficient (Wildman–Crippen LogP) is 0.196. The predicted molar refractivity (Wildman–Crippen MR) is 79.5 cm³/mol. The number of hydrogen-bond donors (Lipinski definition) is 4.